The van der Waals surface area contributed by atoms with Gasteiger partial charge in [-0.1, -0.05) is 106 Å². The molecule has 3 saturated heterocycles. The molecule has 0 spiro atoms. The van der Waals surface area contributed by atoms with E-state index in [-0.39, 0.29) is 47.9 Å². The minimum atomic E-state index is -4.70. The fourth-order valence-corrected chi connectivity index (χ4v) is 11.4. The normalized spacial score (nSPS) is 26.4. The number of hydrogen-bond acceptors (Lipinski definition) is 26. The van der Waals surface area contributed by atoms with Crippen molar-refractivity contribution in [1.82, 2.24) is 9.62 Å². The Labute approximate surface area is 544 Å². The van der Waals surface area contributed by atoms with Crippen LogP contribution in [0.25, 0.3) is 10.4 Å². The predicted molar refractivity (Wildman–Crippen MR) is 329 cm³/mol. The molecular formula is C59H84B2N5O25PS. The molecule has 3 N–H and O–H groups in total. The van der Waals surface area contributed by atoms with Crippen molar-refractivity contribution in [3.63, 3.8) is 0 Å². The molecule has 6 rings (SSSR count). The molecule has 30 nitrogen and oxygen atoms in total. The number of azide groups is 1. The van der Waals surface area contributed by atoms with Gasteiger partial charge >= 0.3 is 376 Å². The Bertz CT molecular complexity index is 2820. The molecule has 512 valence electrons. The van der Waals surface area contributed by atoms with Gasteiger partial charge in [0.1, 0.15) is 6.61 Å². The number of hydrogen-bond donors (Lipinski definition) is 3. The van der Waals surface area contributed by atoms with E-state index in [0.29, 0.717) is 76.4 Å². The van der Waals surface area contributed by atoms with Gasteiger partial charge in [-0.15, -0.1) is 0 Å². The average Bonchev–Trinajstić information content (AvgIpc) is 0.796. The van der Waals surface area contributed by atoms with Gasteiger partial charge in [-0.3, -0.25) is 0 Å². The summed E-state index contributed by atoms with van der Waals surface area (Å²) >= 11 is 0. The summed E-state index contributed by atoms with van der Waals surface area (Å²) < 4.78 is 116. The number of benzene rings is 3. The van der Waals surface area contributed by atoms with Gasteiger partial charge in [0.05, 0.1) is 0 Å². The second-order valence-corrected chi connectivity index (χ2v) is 23.6. The maximum atomic E-state index is 14.1. The van der Waals surface area contributed by atoms with Crippen molar-refractivity contribution < 1.29 is 119 Å². The zero-order valence-corrected chi connectivity index (χ0v) is 54.3. The number of nitrogens with zero attached hydrogens (tertiary/aromatic N) is 4. The quantitative estimate of drug-likeness (QED) is 0.00485. The van der Waals surface area contributed by atoms with Crippen LogP contribution in [0.2, 0.25) is 0 Å². The zero-order chi connectivity index (χ0) is 66.8. The molecule has 0 bridgehead atoms. The molecule has 0 saturated carbocycles. The van der Waals surface area contributed by atoms with Gasteiger partial charge < -0.3 is 9.64 Å². The summed E-state index contributed by atoms with van der Waals surface area (Å²) in [7, 11) is 3.27. The second-order valence-electron chi connectivity index (χ2n) is 21.4. The first kappa shape index (κ1) is 76.9. The van der Waals surface area contributed by atoms with Crippen molar-refractivity contribution in [3.05, 3.63) is 118 Å². The molecule has 2 radical (unpaired) electrons. The Morgan fingerprint density at radius 3 is 1.74 bits per heavy atom. The Balaban J connectivity index is 1.32. The van der Waals surface area contributed by atoms with Crippen molar-refractivity contribution >= 4 is 50.9 Å². The van der Waals surface area contributed by atoms with Gasteiger partial charge in [-0.2, -0.15) is 0 Å². The van der Waals surface area contributed by atoms with E-state index in [9.17, 15) is 38.8 Å². The number of rotatable bonds is 42. The molecule has 3 aliphatic heterocycles. The number of esters is 2. The van der Waals surface area contributed by atoms with Crippen LogP contribution in [0.5, 0.6) is 0 Å². The number of amides is 1. The second kappa shape index (κ2) is 42.4. The third-order valence-corrected chi connectivity index (χ3v) is 16.4. The SMILES string of the molecule is [B]B=PO[C@@H]1C(N=[N+]=[N-])[C@@H](O[C@@H]2C(C(=O)OC)O[C@H](OCCCCCN(Cc3ccccc3)C(=O)OCc3ccccc3)C(OOO)[C@@H]2OCCCC)OC(COS(=O)(=O)NCc2ccccc2)[C@H]1O[C@@H]1OC(C(=O)OC)[C@@H](OCCCC)[C@@H](OCCCC)C1OOO. The van der Waals surface area contributed by atoms with Crippen LogP contribution in [-0.4, -0.2) is 202 Å². The van der Waals surface area contributed by atoms with E-state index in [1.807, 2.05) is 81.4 Å². The Kier molecular flexibility index (Phi) is 35.0. The topological polar surface area (TPSA) is 356 Å². The summed E-state index contributed by atoms with van der Waals surface area (Å²) in [5.74, 6) is -1.99. The van der Waals surface area contributed by atoms with Crippen LogP contribution in [0.1, 0.15) is 95.2 Å². The molecule has 15 atom stereocenters. The van der Waals surface area contributed by atoms with E-state index in [0.717, 1.165) is 31.9 Å². The molecule has 93 heavy (non-hydrogen) atoms. The fourth-order valence-electron chi connectivity index (χ4n) is 10.2. The minimum absolute atomic E-state index is 0.0228. The summed E-state index contributed by atoms with van der Waals surface area (Å²) in [6, 6.07) is 25.5. The van der Waals surface area contributed by atoms with Crippen molar-refractivity contribution in [2.24, 2.45) is 5.11 Å². The van der Waals surface area contributed by atoms with Crippen molar-refractivity contribution in [1.29, 1.82) is 0 Å². The third-order valence-electron chi connectivity index (χ3n) is 14.9. The van der Waals surface area contributed by atoms with Crippen LogP contribution >= 0.6 is 8.30 Å². The number of unbranched alkanes of at least 4 members (excludes halogenated alkanes) is 5. The number of nitrogens with one attached hydrogen (secondary N) is 1. The summed E-state index contributed by atoms with van der Waals surface area (Å²) in [4.78, 5) is 56.8. The number of carbonyl (C=O) groups is 3. The van der Waals surface area contributed by atoms with Gasteiger partial charge in [-0.25, -0.2) is 4.79 Å². The van der Waals surface area contributed by atoms with E-state index >= 15 is 0 Å². The van der Waals surface area contributed by atoms with Gasteiger partial charge in [0.2, 0.25) is 0 Å². The molecule has 3 fully saturated rings. The summed E-state index contributed by atoms with van der Waals surface area (Å²) in [6.45, 7) is 6.43. The van der Waals surface area contributed by atoms with Crippen molar-refractivity contribution in [2.75, 3.05) is 53.8 Å². The van der Waals surface area contributed by atoms with Gasteiger partial charge in [0.25, 0.3) is 0 Å². The number of ether oxygens (including phenoxy) is 12. The predicted octanol–water partition coefficient (Wildman–Crippen LogP) is 7.12. The molecule has 3 aromatic rings. The molecule has 34 heteroatoms. The maximum absolute atomic E-state index is 14.1. The summed E-state index contributed by atoms with van der Waals surface area (Å²) in [5, 5.41) is 32.5. The van der Waals surface area contributed by atoms with Crippen LogP contribution in [0.15, 0.2) is 96.1 Å². The fraction of sp³-hybridized carbons (Fsp3) is 0.644. The van der Waals surface area contributed by atoms with Gasteiger partial charge in [0.15, 0.2) is 0 Å². The number of methoxy groups -OCH3 is 2. The Morgan fingerprint density at radius 2 is 1.17 bits per heavy atom. The van der Waals surface area contributed by atoms with E-state index < -0.39 is 127 Å². The number of carbonyl (C=O) groups excluding carboxylic acids is 3. The first-order valence-electron chi connectivity index (χ1n) is 30.7. The molecule has 3 heterocycles. The Morgan fingerprint density at radius 1 is 0.645 bits per heavy atom. The molecule has 0 aromatic heterocycles. The van der Waals surface area contributed by atoms with Gasteiger partial charge in [0, 0.05) is 13.1 Å². The zero-order valence-electron chi connectivity index (χ0n) is 52.6. The molecule has 3 aromatic carbocycles. The third kappa shape index (κ3) is 24.2. The first-order chi connectivity index (χ1) is 45.3. The molecular weight excluding hydrogens is 1260 g/mol. The summed E-state index contributed by atoms with van der Waals surface area (Å²) in [6.07, 6.45) is -18.7. The van der Waals surface area contributed by atoms with E-state index in [4.69, 9.17) is 83.1 Å². The van der Waals surface area contributed by atoms with Crippen LogP contribution in [-0.2, 0) is 125 Å². The Hall–Kier alpha value is -5.16. The van der Waals surface area contributed by atoms with Crippen molar-refractivity contribution in [2.45, 2.75) is 190 Å². The molecule has 6 unspecified atom stereocenters. The standard InChI is InChI=1S/C59H84B2N5O25PS/c1-6-9-31-76-46-47(77-32-10-7-2)53(88-91-71)58(86-50(46)54(67)74-4)83-44-42(38-81-93(72,73)63-35-39-24-16-12-17-25-39)82-56(43(64-65-62)45(44)89-92-61-60)84-49-48(78-33-11-8-3)52(87-90-70)57(85-51(49)55(68)75-5)79-34-23-15-22-30-66(36-40-26-18-13-19-27-40)59(69)80-37-41-28-20-14-21-29-41/h12-14,16-21,24-29,42-53,56-58,63,70-71H,6-11,15,22-23,30-38H2,1-5H3/t42?,43?,44-,45-,46+,47-,48-,49+,50?,51?,52?,53?,56-,57+,58-/m1/s1. The van der Waals surface area contributed by atoms with Crippen LogP contribution < -0.4 is 4.72 Å². The van der Waals surface area contributed by atoms with E-state index in [2.05, 4.69) is 24.8 Å². The van der Waals surface area contributed by atoms with Crippen LogP contribution in [0, 0.1) is 0 Å². The molecule has 0 aliphatic carbocycles. The molecule has 3 aliphatic rings. The van der Waals surface area contributed by atoms with E-state index in [1.165, 1.54) is 0 Å². The van der Waals surface area contributed by atoms with Crippen molar-refractivity contribution in [3.8, 4) is 0 Å². The summed E-state index contributed by atoms with van der Waals surface area (Å²) in [5.41, 5.74) is 12.6. The average molecular weight is 1350 g/mol. The van der Waals surface area contributed by atoms with E-state index in [1.54, 1.807) is 35.2 Å². The van der Waals surface area contributed by atoms with Crippen LogP contribution in [0.4, 0.5) is 4.79 Å². The van der Waals surface area contributed by atoms with Gasteiger partial charge in [-0.05, 0) is 30.4 Å². The molecule has 1 amide bonds. The van der Waals surface area contributed by atoms with Crippen LogP contribution in [0.3, 0.4) is 0 Å². The first-order valence-corrected chi connectivity index (χ1v) is 33.0. The monoisotopic (exact) mass is 1350 g/mol.